The fourth-order valence-corrected chi connectivity index (χ4v) is 1.94. The summed E-state index contributed by atoms with van der Waals surface area (Å²) in [6.07, 6.45) is 2.25. The van der Waals surface area contributed by atoms with Gasteiger partial charge in [0.15, 0.2) is 0 Å². The molecule has 114 valence electrons. The second-order valence-corrected chi connectivity index (χ2v) is 6.17. The Morgan fingerprint density at radius 2 is 1.76 bits per heavy atom. The molecule has 0 atom stereocenters. The van der Waals surface area contributed by atoms with Crippen LogP contribution in [-0.4, -0.2) is 22.3 Å². The molecule has 0 unspecified atom stereocenters. The largest absolute Gasteiger partial charge is 0.425 e. The quantitative estimate of drug-likeness (QED) is 0.831. The summed E-state index contributed by atoms with van der Waals surface area (Å²) in [5.74, 6) is 0.986. The lowest BCUT2D eigenvalue weighted by Crippen LogP contribution is -2.36. The van der Waals surface area contributed by atoms with E-state index in [4.69, 9.17) is 4.42 Å². The molecule has 5 heteroatoms. The Morgan fingerprint density at radius 1 is 1.10 bits per heavy atom. The van der Waals surface area contributed by atoms with Gasteiger partial charge in [0.25, 0.3) is 0 Å². The molecule has 0 aliphatic carbocycles. The highest BCUT2D eigenvalue weighted by Crippen LogP contribution is 2.10. The Morgan fingerprint density at radius 3 is 2.43 bits per heavy atom. The van der Waals surface area contributed by atoms with E-state index in [1.807, 2.05) is 0 Å². The van der Waals surface area contributed by atoms with E-state index in [2.05, 4.69) is 36.3 Å². The van der Waals surface area contributed by atoms with E-state index in [1.54, 1.807) is 12.1 Å². The summed E-state index contributed by atoms with van der Waals surface area (Å²) in [4.78, 5) is 0. The van der Waals surface area contributed by atoms with Crippen LogP contribution in [0.4, 0.5) is 4.39 Å². The van der Waals surface area contributed by atoms with Gasteiger partial charge in [0.05, 0.1) is 6.42 Å². The van der Waals surface area contributed by atoms with Crippen molar-refractivity contribution in [2.45, 2.75) is 45.6 Å². The van der Waals surface area contributed by atoms with Crippen LogP contribution >= 0.6 is 0 Å². The summed E-state index contributed by atoms with van der Waals surface area (Å²) >= 11 is 0. The zero-order valence-electron chi connectivity index (χ0n) is 12.8. The molecule has 0 saturated heterocycles. The molecule has 0 spiro atoms. The molecule has 0 aliphatic rings. The maximum absolute atomic E-state index is 12.8. The Hall–Kier alpha value is -1.75. The summed E-state index contributed by atoms with van der Waals surface area (Å²) in [5.41, 5.74) is 1.09. The molecule has 1 aromatic heterocycles. The predicted molar refractivity (Wildman–Crippen MR) is 79.6 cm³/mol. The van der Waals surface area contributed by atoms with Gasteiger partial charge in [-0.15, -0.1) is 10.2 Å². The van der Waals surface area contributed by atoms with Gasteiger partial charge in [-0.3, -0.25) is 0 Å². The van der Waals surface area contributed by atoms with Gasteiger partial charge in [-0.05, 0) is 51.4 Å². The summed E-state index contributed by atoms with van der Waals surface area (Å²) < 4.78 is 18.4. The standard InChI is InChI=1S/C16H22FN3O/c1-16(2,3)18-10-4-5-14-19-20-15(21-14)11-12-6-8-13(17)9-7-12/h6-9,18H,4-5,10-11H2,1-3H3. The Labute approximate surface area is 124 Å². The van der Waals surface area contributed by atoms with Gasteiger partial charge in [-0.2, -0.15) is 0 Å². The molecule has 0 fully saturated rings. The first-order valence-corrected chi connectivity index (χ1v) is 7.23. The topological polar surface area (TPSA) is 51.0 Å². The van der Waals surface area contributed by atoms with Crippen LogP contribution in [0.2, 0.25) is 0 Å². The van der Waals surface area contributed by atoms with Crippen molar-refractivity contribution in [3.63, 3.8) is 0 Å². The number of hydrogen-bond donors (Lipinski definition) is 1. The van der Waals surface area contributed by atoms with Crippen LogP contribution in [-0.2, 0) is 12.8 Å². The van der Waals surface area contributed by atoms with Crippen molar-refractivity contribution < 1.29 is 8.81 Å². The molecule has 21 heavy (non-hydrogen) atoms. The summed E-state index contributed by atoms with van der Waals surface area (Å²) in [7, 11) is 0. The molecule has 4 nitrogen and oxygen atoms in total. The number of rotatable bonds is 6. The van der Waals surface area contributed by atoms with E-state index in [9.17, 15) is 4.39 Å². The van der Waals surface area contributed by atoms with Crippen LogP contribution in [0, 0.1) is 5.82 Å². The zero-order chi connectivity index (χ0) is 15.3. The lowest BCUT2D eigenvalue weighted by Gasteiger charge is -2.19. The predicted octanol–water partition coefficient (Wildman–Crippen LogP) is 3.12. The van der Waals surface area contributed by atoms with Crippen LogP contribution < -0.4 is 5.32 Å². The second kappa shape index (κ2) is 6.80. The number of aromatic nitrogens is 2. The van der Waals surface area contributed by atoms with Crippen molar-refractivity contribution in [2.24, 2.45) is 0 Å². The van der Waals surface area contributed by atoms with Crippen LogP contribution in [0.25, 0.3) is 0 Å². The van der Waals surface area contributed by atoms with E-state index in [-0.39, 0.29) is 11.4 Å². The first kappa shape index (κ1) is 15.6. The maximum atomic E-state index is 12.8. The third-order valence-corrected chi connectivity index (χ3v) is 3.00. The van der Waals surface area contributed by atoms with E-state index in [0.717, 1.165) is 24.9 Å². The highest BCUT2D eigenvalue weighted by molar-refractivity contribution is 5.18. The minimum atomic E-state index is -0.240. The molecular weight excluding hydrogens is 269 g/mol. The van der Waals surface area contributed by atoms with Crippen LogP contribution in [0.15, 0.2) is 28.7 Å². The van der Waals surface area contributed by atoms with E-state index < -0.39 is 0 Å². The molecule has 2 aromatic rings. The molecular formula is C16H22FN3O. The molecule has 1 N–H and O–H groups in total. The normalized spacial score (nSPS) is 11.8. The average Bonchev–Trinajstić information content (AvgIpc) is 2.84. The lowest BCUT2D eigenvalue weighted by atomic mass is 10.1. The van der Waals surface area contributed by atoms with E-state index in [0.29, 0.717) is 18.2 Å². The summed E-state index contributed by atoms with van der Waals surface area (Å²) in [6.45, 7) is 7.33. The molecule has 1 heterocycles. The van der Waals surface area contributed by atoms with Crippen LogP contribution in [0.5, 0.6) is 0 Å². The monoisotopic (exact) mass is 291 g/mol. The lowest BCUT2D eigenvalue weighted by molar-refractivity contribution is 0.406. The Bertz CT molecular complexity index is 558. The molecule has 0 aliphatic heterocycles. The Balaban J connectivity index is 1.80. The smallest absolute Gasteiger partial charge is 0.220 e. The zero-order valence-corrected chi connectivity index (χ0v) is 12.8. The van der Waals surface area contributed by atoms with Gasteiger partial charge < -0.3 is 9.73 Å². The third-order valence-electron chi connectivity index (χ3n) is 3.00. The number of halogens is 1. The number of aryl methyl sites for hydroxylation is 1. The van der Waals surface area contributed by atoms with Crippen molar-refractivity contribution in [3.8, 4) is 0 Å². The number of nitrogens with one attached hydrogen (secondary N) is 1. The first-order valence-electron chi connectivity index (χ1n) is 7.23. The highest BCUT2D eigenvalue weighted by Gasteiger charge is 2.10. The fourth-order valence-electron chi connectivity index (χ4n) is 1.94. The molecule has 1 aromatic carbocycles. The Kier molecular flexibility index (Phi) is 5.07. The minimum absolute atomic E-state index is 0.128. The van der Waals surface area contributed by atoms with Gasteiger partial charge in [-0.25, -0.2) is 4.39 Å². The van der Waals surface area contributed by atoms with Crippen LogP contribution in [0.1, 0.15) is 44.5 Å². The van der Waals surface area contributed by atoms with Gasteiger partial charge in [0, 0.05) is 12.0 Å². The summed E-state index contributed by atoms with van der Waals surface area (Å²) in [6, 6.07) is 6.33. The van der Waals surface area contributed by atoms with Crippen molar-refractivity contribution >= 4 is 0 Å². The SMILES string of the molecule is CC(C)(C)NCCCc1nnc(Cc2ccc(F)cc2)o1. The van der Waals surface area contributed by atoms with Gasteiger partial charge >= 0.3 is 0 Å². The highest BCUT2D eigenvalue weighted by atomic mass is 19.1. The molecule has 0 radical (unpaired) electrons. The van der Waals surface area contributed by atoms with Crippen molar-refractivity contribution in [2.75, 3.05) is 6.54 Å². The molecule has 0 bridgehead atoms. The average molecular weight is 291 g/mol. The van der Waals surface area contributed by atoms with E-state index in [1.165, 1.54) is 12.1 Å². The molecule has 2 rings (SSSR count). The van der Waals surface area contributed by atoms with Crippen molar-refractivity contribution in [1.82, 2.24) is 15.5 Å². The number of hydrogen-bond acceptors (Lipinski definition) is 4. The fraction of sp³-hybridized carbons (Fsp3) is 0.500. The second-order valence-electron chi connectivity index (χ2n) is 6.17. The van der Waals surface area contributed by atoms with Gasteiger partial charge in [-0.1, -0.05) is 12.1 Å². The number of nitrogens with zero attached hydrogens (tertiary/aromatic N) is 2. The molecule has 0 amide bonds. The third kappa shape index (κ3) is 5.63. The molecule has 0 saturated carbocycles. The van der Waals surface area contributed by atoms with Crippen molar-refractivity contribution in [3.05, 3.63) is 47.4 Å². The maximum Gasteiger partial charge on any atom is 0.220 e. The van der Waals surface area contributed by atoms with Gasteiger partial charge in [0.1, 0.15) is 5.82 Å². The van der Waals surface area contributed by atoms with E-state index >= 15 is 0 Å². The van der Waals surface area contributed by atoms with Crippen molar-refractivity contribution in [1.29, 1.82) is 0 Å². The van der Waals surface area contributed by atoms with Crippen LogP contribution in [0.3, 0.4) is 0 Å². The minimum Gasteiger partial charge on any atom is -0.425 e. The van der Waals surface area contributed by atoms with Gasteiger partial charge in [0.2, 0.25) is 11.8 Å². The number of benzene rings is 1. The first-order chi connectivity index (χ1) is 9.92. The summed E-state index contributed by atoms with van der Waals surface area (Å²) in [5, 5.41) is 11.5.